The Morgan fingerprint density at radius 1 is 0.645 bits per heavy atom. The summed E-state index contributed by atoms with van der Waals surface area (Å²) in [5.41, 5.74) is 1.42. The van der Waals surface area contributed by atoms with Crippen LogP contribution in [-0.4, -0.2) is 11.8 Å². The summed E-state index contributed by atoms with van der Waals surface area (Å²) in [6, 6.07) is 32.5. The van der Waals surface area contributed by atoms with E-state index in [1.807, 2.05) is 97.1 Å². The van der Waals surface area contributed by atoms with E-state index >= 15 is 0 Å². The Hall–Kier alpha value is -3.55. The first-order valence-corrected chi connectivity index (χ1v) is 12.2. The molecule has 1 N–H and O–H groups in total. The summed E-state index contributed by atoms with van der Waals surface area (Å²) in [5, 5.41) is 15.5. The predicted octanol–water partition coefficient (Wildman–Crippen LogP) is 6.98. The molecule has 0 aliphatic heterocycles. The Kier molecular flexibility index (Phi) is 4.77. The largest absolute Gasteiger partial charge is 0.507 e. The van der Waals surface area contributed by atoms with Crippen molar-refractivity contribution in [1.82, 2.24) is 0 Å². The molecule has 0 bridgehead atoms. The molecule has 0 saturated heterocycles. The van der Waals surface area contributed by atoms with Gasteiger partial charge in [-0.2, -0.15) is 0 Å². The summed E-state index contributed by atoms with van der Waals surface area (Å²) in [4.78, 5) is 0. The minimum Gasteiger partial charge on any atom is -0.507 e. The van der Waals surface area contributed by atoms with Crippen LogP contribution in [0.2, 0.25) is 0 Å². The summed E-state index contributed by atoms with van der Waals surface area (Å²) >= 11 is 0. The number of aromatic hydroxyl groups is 1. The van der Waals surface area contributed by atoms with Gasteiger partial charge in [0.25, 0.3) is 7.37 Å². The van der Waals surface area contributed by atoms with E-state index in [1.165, 1.54) is 0 Å². The van der Waals surface area contributed by atoms with Crippen LogP contribution in [-0.2, 0) is 4.57 Å². The first-order valence-electron chi connectivity index (χ1n) is 10.1. The minimum absolute atomic E-state index is 0.158. The van der Waals surface area contributed by atoms with Crippen LogP contribution in [0.4, 0.5) is 0 Å². The molecule has 0 saturated carbocycles. The van der Waals surface area contributed by atoms with Crippen LogP contribution in [0.25, 0.3) is 32.7 Å². The van der Waals surface area contributed by atoms with Gasteiger partial charge in [0.1, 0.15) is 11.5 Å². The quantitative estimate of drug-likeness (QED) is 0.317. The molecule has 5 aromatic rings. The van der Waals surface area contributed by atoms with E-state index in [-0.39, 0.29) is 5.75 Å². The number of hydrogen-bond acceptors (Lipinski definition) is 3. The van der Waals surface area contributed by atoms with Crippen molar-refractivity contribution in [2.75, 3.05) is 6.66 Å². The van der Waals surface area contributed by atoms with Crippen LogP contribution in [0.5, 0.6) is 11.5 Å². The fourth-order valence-electron chi connectivity index (χ4n) is 4.05. The molecule has 0 aliphatic rings. The van der Waals surface area contributed by atoms with Crippen molar-refractivity contribution in [2.45, 2.75) is 0 Å². The molecule has 0 radical (unpaired) electrons. The van der Waals surface area contributed by atoms with Gasteiger partial charge in [-0.3, -0.25) is 4.57 Å². The van der Waals surface area contributed by atoms with Crippen molar-refractivity contribution in [3.05, 3.63) is 103 Å². The van der Waals surface area contributed by atoms with Gasteiger partial charge in [-0.15, -0.1) is 0 Å². The number of benzene rings is 5. The topological polar surface area (TPSA) is 46.5 Å². The number of hydrogen-bond donors (Lipinski definition) is 1. The first-order chi connectivity index (χ1) is 15.0. The average molecular weight is 424 g/mol. The van der Waals surface area contributed by atoms with E-state index in [9.17, 15) is 9.67 Å². The van der Waals surface area contributed by atoms with Gasteiger partial charge < -0.3 is 9.63 Å². The Balaban J connectivity index is 1.81. The molecular weight excluding hydrogens is 403 g/mol. The zero-order valence-electron chi connectivity index (χ0n) is 17.0. The van der Waals surface area contributed by atoms with Crippen LogP contribution in [0.1, 0.15) is 0 Å². The zero-order valence-corrected chi connectivity index (χ0v) is 17.9. The fourth-order valence-corrected chi connectivity index (χ4v) is 5.39. The number of phenolic OH excluding ortho intramolecular Hbond substituents is 1. The molecule has 1 atom stereocenters. The molecule has 0 amide bonds. The number of rotatable bonds is 4. The maximum Gasteiger partial charge on any atom is 0.274 e. The van der Waals surface area contributed by atoms with Crippen LogP contribution >= 0.6 is 7.37 Å². The lowest BCUT2D eigenvalue weighted by molar-refractivity contribution is 0.477. The standard InChI is InChI=1S/C27H21O3P/c1-31(29,21-11-3-2-4-12-21)30-25-18-16-20-10-6-8-14-23(20)27(25)26-22-13-7-5-9-19(22)15-17-24(26)28/h2-18,28H,1H3. The lowest BCUT2D eigenvalue weighted by atomic mass is 9.92. The van der Waals surface area contributed by atoms with Crippen molar-refractivity contribution in [2.24, 2.45) is 0 Å². The molecule has 3 nitrogen and oxygen atoms in total. The summed E-state index contributed by atoms with van der Waals surface area (Å²) in [6.07, 6.45) is 0. The van der Waals surface area contributed by atoms with Crippen molar-refractivity contribution in [3.8, 4) is 22.6 Å². The monoisotopic (exact) mass is 424 g/mol. The van der Waals surface area contributed by atoms with Gasteiger partial charge in [0.05, 0.1) is 0 Å². The second kappa shape index (κ2) is 7.61. The second-order valence-electron chi connectivity index (χ2n) is 7.61. The highest BCUT2D eigenvalue weighted by Crippen LogP contribution is 2.50. The lowest BCUT2D eigenvalue weighted by Crippen LogP contribution is -2.08. The fraction of sp³-hybridized carbons (Fsp3) is 0.0370. The minimum atomic E-state index is -3.15. The highest BCUT2D eigenvalue weighted by atomic mass is 31.2. The average Bonchev–Trinajstić information content (AvgIpc) is 2.80. The molecule has 31 heavy (non-hydrogen) atoms. The molecule has 0 spiro atoms. The second-order valence-corrected chi connectivity index (χ2v) is 10.0. The highest BCUT2D eigenvalue weighted by Gasteiger charge is 2.25. The van der Waals surface area contributed by atoms with Crippen LogP contribution < -0.4 is 9.83 Å². The molecule has 5 aromatic carbocycles. The molecule has 0 aliphatic carbocycles. The van der Waals surface area contributed by atoms with E-state index in [0.29, 0.717) is 16.6 Å². The Labute approximate surface area is 181 Å². The van der Waals surface area contributed by atoms with Crippen molar-refractivity contribution < 1.29 is 14.2 Å². The van der Waals surface area contributed by atoms with Crippen LogP contribution in [0, 0.1) is 0 Å². The van der Waals surface area contributed by atoms with Crippen LogP contribution in [0.15, 0.2) is 103 Å². The van der Waals surface area contributed by atoms with Gasteiger partial charge in [0.2, 0.25) is 0 Å². The maximum absolute atomic E-state index is 13.6. The molecule has 0 fully saturated rings. The van der Waals surface area contributed by atoms with Gasteiger partial charge in [0, 0.05) is 23.1 Å². The maximum atomic E-state index is 13.6. The Morgan fingerprint density at radius 3 is 1.87 bits per heavy atom. The third-order valence-corrected chi connectivity index (χ3v) is 7.33. The third kappa shape index (κ3) is 3.48. The zero-order chi connectivity index (χ0) is 21.4. The Morgan fingerprint density at radius 2 is 1.19 bits per heavy atom. The summed E-state index contributed by atoms with van der Waals surface area (Å²) in [7, 11) is -3.15. The van der Waals surface area contributed by atoms with E-state index in [4.69, 9.17) is 4.52 Å². The SMILES string of the molecule is CP(=O)(Oc1ccc2ccccc2c1-c1c(O)ccc2ccccc12)c1ccccc1. The predicted molar refractivity (Wildman–Crippen MR) is 129 cm³/mol. The van der Waals surface area contributed by atoms with E-state index < -0.39 is 7.37 Å². The lowest BCUT2D eigenvalue weighted by Gasteiger charge is -2.21. The normalized spacial score (nSPS) is 13.2. The van der Waals surface area contributed by atoms with Gasteiger partial charge in [-0.05, 0) is 45.8 Å². The number of fused-ring (bicyclic) bond motifs is 2. The van der Waals surface area contributed by atoms with Crippen LogP contribution in [0.3, 0.4) is 0 Å². The summed E-state index contributed by atoms with van der Waals surface area (Å²) < 4.78 is 19.8. The van der Waals surface area contributed by atoms with E-state index in [1.54, 1.807) is 12.7 Å². The molecular formula is C27H21O3P. The summed E-state index contributed by atoms with van der Waals surface area (Å²) in [5.74, 6) is 0.644. The number of phenols is 1. The molecule has 0 aromatic heterocycles. The smallest absolute Gasteiger partial charge is 0.274 e. The molecule has 5 rings (SSSR count). The van der Waals surface area contributed by atoms with Gasteiger partial charge in [-0.25, -0.2) is 0 Å². The Bertz CT molecular complexity index is 1460. The van der Waals surface area contributed by atoms with Crippen molar-refractivity contribution >= 4 is 34.2 Å². The first kappa shape index (κ1) is 19.4. The molecule has 4 heteroatoms. The van der Waals surface area contributed by atoms with Gasteiger partial charge >= 0.3 is 0 Å². The van der Waals surface area contributed by atoms with Crippen molar-refractivity contribution in [3.63, 3.8) is 0 Å². The van der Waals surface area contributed by atoms with Crippen molar-refractivity contribution in [1.29, 1.82) is 0 Å². The molecule has 152 valence electrons. The van der Waals surface area contributed by atoms with E-state index in [2.05, 4.69) is 0 Å². The van der Waals surface area contributed by atoms with Gasteiger partial charge in [0.15, 0.2) is 0 Å². The van der Waals surface area contributed by atoms with E-state index in [0.717, 1.165) is 27.1 Å². The third-order valence-electron chi connectivity index (χ3n) is 5.55. The molecule has 1 unspecified atom stereocenters. The highest BCUT2D eigenvalue weighted by molar-refractivity contribution is 7.66. The van der Waals surface area contributed by atoms with Gasteiger partial charge in [-0.1, -0.05) is 78.9 Å². The molecule has 0 heterocycles. The summed E-state index contributed by atoms with van der Waals surface area (Å²) in [6.45, 7) is 1.63.